The highest BCUT2D eigenvalue weighted by atomic mass is 35.5. The summed E-state index contributed by atoms with van der Waals surface area (Å²) in [7, 11) is 0. The minimum absolute atomic E-state index is 0.0482. The number of rotatable bonds is 5. The number of hydrogen-bond acceptors (Lipinski definition) is 5. The van der Waals surface area contributed by atoms with Crippen LogP contribution in [0.1, 0.15) is 55.5 Å². The number of hydrogen-bond donors (Lipinski definition) is 1. The third-order valence-corrected chi connectivity index (χ3v) is 5.88. The van der Waals surface area contributed by atoms with Crippen molar-refractivity contribution in [2.45, 2.75) is 27.2 Å². The summed E-state index contributed by atoms with van der Waals surface area (Å²) in [6.45, 7) is 5.10. The van der Waals surface area contributed by atoms with E-state index in [1.54, 1.807) is 63.2 Å². The maximum Gasteiger partial charge on any atom is 0.311 e. The van der Waals surface area contributed by atoms with E-state index in [9.17, 15) is 19.2 Å². The Kier molecular flexibility index (Phi) is 6.22. The number of aryl methyl sites for hydroxylation is 2. The Morgan fingerprint density at radius 2 is 1.62 bits per heavy atom. The van der Waals surface area contributed by atoms with Crippen LogP contribution >= 0.6 is 11.6 Å². The van der Waals surface area contributed by atoms with Crippen LogP contribution in [0, 0.1) is 13.8 Å². The lowest BCUT2D eigenvalue weighted by Crippen LogP contribution is -2.30. The van der Waals surface area contributed by atoms with Gasteiger partial charge in [-0.2, -0.15) is 0 Å². The Labute approximate surface area is 201 Å². The second-order valence-electron chi connectivity index (χ2n) is 7.81. The molecule has 0 atom stereocenters. The zero-order chi connectivity index (χ0) is 24.6. The number of halogens is 1. The Bertz CT molecular complexity index is 1350. The molecule has 1 N–H and O–H groups in total. The van der Waals surface area contributed by atoms with Crippen LogP contribution in [-0.4, -0.2) is 23.7 Å². The molecular formula is C26H21ClN2O5. The normalized spacial score (nSPS) is 12.5. The molecule has 0 saturated carbocycles. The third kappa shape index (κ3) is 3.95. The van der Waals surface area contributed by atoms with E-state index in [-0.39, 0.29) is 39.7 Å². The van der Waals surface area contributed by atoms with Crippen LogP contribution in [-0.2, 0) is 4.79 Å². The number of carbonyl (C=O) groups is 4. The highest BCUT2D eigenvalue weighted by molar-refractivity contribution is 6.36. The molecule has 0 unspecified atom stereocenters. The Balaban J connectivity index is 1.81. The highest BCUT2D eigenvalue weighted by Gasteiger charge is 2.39. The van der Waals surface area contributed by atoms with E-state index in [0.29, 0.717) is 16.7 Å². The summed E-state index contributed by atoms with van der Waals surface area (Å²) in [5.41, 5.74) is 2.31. The van der Waals surface area contributed by atoms with Gasteiger partial charge in [0.15, 0.2) is 5.75 Å². The third-order valence-electron chi connectivity index (χ3n) is 5.56. The molecule has 1 heterocycles. The molecule has 3 aromatic rings. The predicted octanol–water partition coefficient (Wildman–Crippen LogP) is 5.33. The summed E-state index contributed by atoms with van der Waals surface area (Å²) in [6.07, 6.45) is 0.0482. The summed E-state index contributed by atoms with van der Waals surface area (Å²) in [6, 6.07) is 14.7. The van der Waals surface area contributed by atoms with Crippen molar-refractivity contribution in [3.05, 3.63) is 87.4 Å². The van der Waals surface area contributed by atoms with Crippen molar-refractivity contribution in [3.8, 4) is 5.75 Å². The SMILES string of the molecule is CCC(=O)Oc1c(NC(=O)c2c(C)cccc2Cl)cccc1N1C(=O)c2cccc(C)c2C1=O. The van der Waals surface area contributed by atoms with Gasteiger partial charge in [0, 0.05) is 6.42 Å². The lowest BCUT2D eigenvalue weighted by molar-refractivity contribution is -0.133. The number of fused-ring (bicyclic) bond motifs is 1. The molecule has 0 radical (unpaired) electrons. The molecule has 0 saturated heterocycles. The molecule has 1 aliphatic heterocycles. The minimum Gasteiger partial charge on any atom is -0.422 e. The zero-order valence-corrected chi connectivity index (χ0v) is 19.5. The molecule has 0 aromatic heterocycles. The fourth-order valence-electron chi connectivity index (χ4n) is 3.87. The first-order valence-electron chi connectivity index (χ1n) is 10.6. The molecule has 0 bridgehead atoms. The molecule has 3 aromatic carbocycles. The van der Waals surface area contributed by atoms with Crippen LogP contribution in [0.5, 0.6) is 5.75 Å². The number of para-hydroxylation sites is 1. The number of nitrogens with one attached hydrogen (secondary N) is 1. The maximum atomic E-state index is 13.2. The standard InChI is InChI=1S/C26H21ClN2O5/c1-4-20(30)34-23-18(28-24(31)22-15(3)9-6-11-17(22)27)12-7-13-19(23)29-25(32)16-10-5-8-14(2)21(16)26(29)33/h5-13H,4H2,1-3H3,(H,28,31). The Hall–Kier alpha value is -3.97. The first-order valence-corrected chi connectivity index (χ1v) is 11.0. The van der Waals surface area contributed by atoms with Crippen LogP contribution < -0.4 is 15.0 Å². The summed E-state index contributed by atoms with van der Waals surface area (Å²) in [5.74, 6) is -2.28. The van der Waals surface area contributed by atoms with Gasteiger partial charge in [-0.3, -0.25) is 19.2 Å². The van der Waals surface area contributed by atoms with Gasteiger partial charge in [0.2, 0.25) is 0 Å². The van der Waals surface area contributed by atoms with Crippen molar-refractivity contribution in [1.82, 2.24) is 0 Å². The van der Waals surface area contributed by atoms with Crippen LogP contribution in [0.3, 0.4) is 0 Å². The molecule has 7 nitrogen and oxygen atoms in total. The van der Waals surface area contributed by atoms with Crippen molar-refractivity contribution in [1.29, 1.82) is 0 Å². The van der Waals surface area contributed by atoms with E-state index in [2.05, 4.69) is 5.32 Å². The predicted molar refractivity (Wildman–Crippen MR) is 129 cm³/mol. The molecule has 8 heteroatoms. The van der Waals surface area contributed by atoms with Gasteiger partial charge in [-0.25, -0.2) is 4.90 Å². The van der Waals surface area contributed by atoms with E-state index in [0.717, 1.165) is 4.90 Å². The average Bonchev–Trinajstić information content (AvgIpc) is 3.05. The summed E-state index contributed by atoms with van der Waals surface area (Å²) in [5, 5.41) is 2.97. The van der Waals surface area contributed by atoms with E-state index >= 15 is 0 Å². The van der Waals surface area contributed by atoms with Crippen molar-refractivity contribution >= 4 is 46.7 Å². The van der Waals surface area contributed by atoms with Crippen LogP contribution in [0.2, 0.25) is 5.02 Å². The monoisotopic (exact) mass is 476 g/mol. The van der Waals surface area contributed by atoms with Crippen molar-refractivity contribution in [2.24, 2.45) is 0 Å². The molecule has 172 valence electrons. The van der Waals surface area contributed by atoms with E-state index in [1.807, 2.05) is 0 Å². The number of benzene rings is 3. The molecule has 0 fully saturated rings. The van der Waals surface area contributed by atoms with E-state index in [1.165, 1.54) is 12.1 Å². The maximum absolute atomic E-state index is 13.2. The Morgan fingerprint density at radius 3 is 2.29 bits per heavy atom. The number of anilines is 2. The summed E-state index contributed by atoms with van der Waals surface area (Å²) in [4.78, 5) is 52.7. The fourth-order valence-corrected chi connectivity index (χ4v) is 4.18. The molecule has 0 spiro atoms. The number of carbonyl (C=O) groups excluding carboxylic acids is 4. The van der Waals surface area contributed by atoms with Gasteiger partial charge in [0.05, 0.1) is 33.1 Å². The molecule has 1 aliphatic rings. The second-order valence-corrected chi connectivity index (χ2v) is 8.22. The summed E-state index contributed by atoms with van der Waals surface area (Å²) < 4.78 is 5.53. The van der Waals surface area contributed by atoms with Crippen molar-refractivity contribution < 1.29 is 23.9 Å². The Morgan fingerprint density at radius 1 is 0.941 bits per heavy atom. The minimum atomic E-state index is -0.593. The fraction of sp³-hybridized carbons (Fsp3) is 0.154. The smallest absolute Gasteiger partial charge is 0.311 e. The van der Waals surface area contributed by atoms with E-state index in [4.69, 9.17) is 16.3 Å². The number of amides is 3. The van der Waals surface area contributed by atoms with Crippen molar-refractivity contribution in [2.75, 3.05) is 10.2 Å². The molecule has 3 amide bonds. The second kappa shape index (κ2) is 9.11. The quantitative estimate of drug-likeness (QED) is 0.305. The lowest BCUT2D eigenvalue weighted by Gasteiger charge is -2.21. The number of ether oxygens (including phenoxy) is 1. The highest BCUT2D eigenvalue weighted by Crippen LogP contribution is 2.41. The lowest BCUT2D eigenvalue weighted by atomic mass is 10.0. The van der Waals surface area contributed by atoms with Crippen molar-refractivity contribution in [3.63, 3.8) is 0 Å². The zero-order valence-electron chi connectivity index (χ0n) is 18.8. The van der Waals surface area contributed by atoms with Gasteiger partial charge < -0.3 is 10.1 Å². The van der Waals surface area contributed by atoms with Crippen LogP contribution in [0.15, 0.2) is 54.6 Å². The molecule has 34 heavy (non-hydrogen) atoms. The van der Waals surface area contributed by atoms with Gasteiger partial charge in [0.1, 0.15) is 0 Å². The topological polar surface area (TPSA) is 92.8 Å². The first kappa shape index (κ1) is 23.2. The van der Waals surface area contributed by atoms with Crippen LogP contribution in [0.4, 0.5) is 11.4 Å². The molecule has 4 rings (SSSR count). The van der Waals surface area contributed by atoms with Gasteiger partial charge in [-0.15, -0.1) is 0 Å². The van der Waals surface area contributed by atoms with Gasteiger partial charge in [-0.1, -0.05) is 48.9 Å². The van der Waals surface area contributed by atoms with Crippen LogP contribution in [0.25, 0.3) is 0 Å². The number of imide groups is 1. The largest absolute Gasteiger partial charge is 0.422 e. The van der Waals surface area contributed by atoms with Gasteiger partial charge >= 0.3 is 5.97 Å². The number of esters is 1. The molecular weight excluding hydrogens is 456 g/mol. The van der Waals surface area contributed by atoms with Gasteiger partial charge in [-0.05, 0) is 49.2 Å². The average molecular weight is 477 g/mol. The van der Waals surface area contributed by atoms with Gasteiger partial charge in [0.25, 0.3) is 17.7 Å². The molecule has 0 aliphatic carbocycles. The first-order chi connectivity index (χ1) is 16.2. The van der Waals surface area contributed by atoms with E-state index < -0.39 is 23.7 Å². The number of nitrogens with zero attached hydrogens (tertiary/aromatic N) is 1. The summed E-state index contributed by atoms with van der Waals surface area (Å²) >= 11 is 6.23.